The fourth-order valence-electron chi connectivity index (χ4n) is 4.48. The second-order valence-electron chi connectivity index (χ2n) is 7.62. The lowest BCUT2D eigenvalue weighted by atomic mass is 9.90. The van der Waals surface area contributed by atoms with Crippen LogP contribution in [0, 0.1) is 5.92 Å². The first-order valence-corrected chi connectivity index (χ1v) is 10.1. The standard InChI is InChI=1S/C24H18N2O5/c27-23-20-21(15-11-12-18-19(13-15)30-14-29-18)26(17-9-5-2-6-10-17)31-22(20)24(28)25(23)16-7-3-1-4-8-16/h1-13,20-22H,14H2. The molecule has 7 nitrogen and oxygen atoms in total. The second-order valence-corrected chi connectivity index (χ2v) is 7.62. The molecule has 2 saturated heterocycles. The molecule has 0 bridgehead atoms. The zero-order valence-electron chi connectivity index (χ0n) is 16.4. The third kappa shape index (κ3) is 2.70. The van der Waals surface area contributed by atoms with Gasteiger partial charge in [0.05, 0.1) is 17.4 Å². The lowest BCUT2D eigenvalue weighted by Crippen LogP contribution is -2.37. The maximum Gasteiger partial charge on any atom is 0.266 e. The van der Waals surface area contributed by atoms with Gasteiger partial charge in [0.1, 0.15) is 5.92 Å². The van der Waals surface area contributed by atoms with Gasteiger partial charge in [0.25, 0.3) is 5.91 Å². The van der Waals surface area contributed by atoms with Crippen molar-refractivity contribution in [2.24, 2.45) is 5.92 Å². The van der Waals surface area contributed by atoms with E-state index < -0.39 is 18.1 Å². The summed E-state index contributed by atoms with van der Waals surface area (Å²) >= 11 is 0. The number of hydrogen-bond donors (Lipinski definition) is 0. The minimum absolute atomic E-state index is 0.160. The van der Waals surface area contributed by atoms with Crippen LogP contribution in [0.3, 0.4) is 0 Å². The van der Waals surface area contributed by atoms with Gasteiger partial charge in [0.2, 0.25) is 12.7 Å². The lowest BCUT2D eigenvalue weighted by molar-refractivity contribution is -0.126. The molecule has 3 heterocycles. The van der Waals surface area contributed by atoms with E-state index in [0.717, 1.165) is 11.3 Å². The van der Waals surface area contributed by atoms with Crippen LogP contribution in [0.15, 0.2) is 78.9 Å². The Bertz CT molecular complexity index is 1170. The molecule has 0 aliphatic carbocycles. The molecule has 3 aromatic rings. The van der Waals surface area contributed by atoms with Crippen LogP contribution in [0.1, 0.15) is 11.6 Å². The smallest absolute Gasteiger partial charge is 0.266 e. The van der Waals surface area contributed by atoms with E-state index in [1.54, 1.807) is 29.3 Å². The average molecular weight is 414 g/mol. The lowest BCUT2D eigenvalue weighted by Gasteiger charge is -2.28. The second kappa shape index (κ2) is 6.85. The number of fused-ring (bicyclic) bond motifs is 2. The number of hydrogen-bond acceptors (Lipinski definition) is 6. The van der Waals surface area contributed by atoms with Crippen LogP contribution in [-0.4, -0.2) is 24.7 Å². The molecular weight excluding hydrogens is 396 g/mol. The highest BCUT2D eigenvalue weighted by Crippen LogP contribution is 2.49. The Labute approximate surface area is 178 Å². The molecule has 0 N–H and O–H groups in total. The van der Waals surface area contributed by atoms with E-state index in [4.69, 9.17) is 14.3 Å². The molecule has 0 aromatic heterocycles. The maximum atomic E-state index is 13.5. The quantitative estimate of drug-likeness (QED) is 0.612. The largest absolute Gasteiger partial charge is 0.454 e. The number of nitrogens with zero attached hydrogens (tertiary/aromatic N) is 2. The van der Waals surface area contributed by atoms with Crippen molar-refractivity contribution in [3.05, 3.63) is 84.4 Å². The highest BCUT2D eigenvalue weighted by Gasteiger charge is 2.60. The number of benzene rings is 3. The Morgan fingerprint density at radius 3 is 2.16 bits per heavy atom. The summed E-state index contributed by atoms with van der Waals surface area (Å²) in [5, 5.41) is 1.67. The zero-order valence-corrected chi connectivity index (χ0v) is 16.4. The molecule has 0 saturated carbocycles. The summed E-state index contributed by atoms with van der Waals surface area (Å²) in [5.41, 5.74) is 2.13. The third-order valence-electron chi connectivity index (χ3n) is 5.88. The van der Waals surface area contributed by atoms with Gasteiger partial charge in [-0.3, -0.25) is 14.4 Å². The molecule has 3 aliphatic heterocycles. The van der Waals surface area contributed by atoms with Crippen molar-refractivity contribution in [3.63, 3.8) is 0 Å². The van der Waals surface area contributed by atoms with Crippen LogP contribution in [0.25, 0.3) is 0 Å². The SMILES string of the molecule is O=C1C2ON(c3ccccc3)C(c3ccc4c(c3)OCO4)C2C(=O)N1c1ccccc1. The van der Waals surface area contributed by atoms with Gasteiger partial charge in [-0.05, 0) is 42.0 Å². The summed E-state index contributed by atoms with van der Waals surface area (Å²) in [6.07, 6.45) is -0.900. The Balaban J connectivity index is 1.45. The number of para-hydroxylation sites is 2. The molecule has 7 heteroatoms. The van der Waals surface area contributed by atoms with E-state index >= 15 is 0 Å². The van der Waals surface area contributed by atoms with E-state index in [1.165, 1.54) is 4.90 Å². The predicted molar refractivity (Wildman–Crippen MR) is 112 cm³/mol. The van der Waals surface area contributed by atoms with Crippen LogP contribution in [0.2, 0.25) is 0 Å². The van der Waals surface area contributed by atoms with E-state index in [9.17, 15) is 9.59 Å². The Kier molecular flexibility index (Phi) is 3.97. The minimum Gasteiger partial charge on any atom is -0.454 e. The normalized spacial score (nSPS) is 24.1. The van der Waals surface area contributed by atoms with Crippen molar-refractivity contribution < 1.29 is 23.9 Å². The number of rotatable bonds is 3. The molecule has 3 atom stereocenters. The molecule has 2 fully saturated rings. The predicted octanol–water partition coefficient (Wildman–Crippen LogP) is 3.47. The summed E-state index contributed by atoms with van der Waals surface area (Å²) < 4.78 is 11.0. The molecule has 31 heavy (non-hydrogen) atoms. The molecule has 2 amide bonds. The minimum atomic E-state index is -0.900. The molecule has 6 rings (SSSR count). The molecule has 3 unspecified atom stereocenters. The van der Waals surface area contributed by atoms with Crippen LogP contribution in [0.5, 0.6) is 11.5 Å². The van der Waals surface area contributed by atoms with Crippen LogP contribution in [0.4, 0.5) is 11.4 Å². The van der Waals surface area contributed by atoms with E-state index in [-0.39, 0.29) is 18.6 Å². The summed E-state index contributed by atoms with van der Waals surface area (Å²) in [4.78, 5) is 34.2. The first kappa shape index (κ1) is 18.0. The number of amides is 2. The first-order chi connectivity index (χ1) is 15.2. The van der Waals surface area contributed by atoms with Gasteiger partial charge in [-0.1, -0.05) is 42.5 Å². The van der Waals surface area contributed by atoms with Crippen molar-refractivity contribution in [2.75, 3.05) is 16.8 Å². The number of carbonyl (C=O) groups is 2. The summed E-state index contributed by atoms with van der Waals surface area (Å²) in [7, 11) is 0. The topological polar surface area (TPSA) is 68.3 Å². The van der Waals surface area contributed by atoms with Gasteiger partial charge >= 0.3 is 0 Å². The summed E-state index contributed by atoms with van der Waals surface area (Å²) in [6, 6.07) is 23.5. The fraction of sp³-hybridized carbons (Fsp3) is 0.167. The van der Waals surface area contributed by atoms with Crippen molar-refractivity contribution in [2.45, 2.75) is 12.1 Å². The van der Waals surface area contributed by atoms with E-state index in [0.29, 0.717) is 17.2 Å². The highest BCUT2D eigenvalue weighted by molar-refractivity contribution is 6.23. The van der Waals surface area contributed by atoms with Gasteiger partial charge in [0.15, 0.2) is 17.6 Å². The van der Waals surface area contributed by atoms with Crippen molar-refractivity contribution in [1.29, 1.82) is 0 Å². The molecular formula is C24H18N2O5. The van der Waals surface area contributed by atoms with Crippen molar-refractivity contribution in [1.82, 2.24) is 0 Å². The van der Waals surface area contributed by atoms with Crippen LogP contribution in [-0.2, 0) is 14.4 Å². The maximum absolute atomic E-state index is 13.5. The van der Waals surface area contributed by atoms with Crippen LogP contribution < -0.4 is 19.4 Å². The van der Waals surface area contributed by atoms with Gasteiger partial charge in [-0.2, -0.15) is 0 Å². The number of hydroxylamine groups is 1. The Morgan fingerprint density at radius 2 is 1.42 bits per heavy atom. The molecule has 154 valence electrons. The Morgan fingerprint density at radius 1 is 0.742 bits per heavy atom. The number of imide groups is 1. The van der Waals surface area contributed by atoms with Crippen molar-refractivity contribution >= 4 is 23.2 Å². The monoisotopic (exact) mass is 414 g/mol. The number of ether oxygens (including phenoxy) is 2. The van der Waals surface area contributed by atoms with Gasteiger partial charge < -0.3 is 9.47 Å². The first-order valence-electron chi connectivity index (χ1n) is 10.1. The fourth-order valence-corrected chi connectivity index (χ4v) is 4.48. The number of carbonyl (C=O) groups excluding carboxylic acids is 2. The van der Waals surface area contributed by atoms with Gasteiger partial charge in [-0.15, -0.1) is 0 Å². The highest BCUT2D eigenvalue weighted by atomic mass is 16.7. The number of anilines is 2. The van der Waals surface area contributed by atoms with Gasteiger partial charge in [-0.25, -0.2) is 9.96 Å². The molecule has 3 aliphatic rings. The van der Waals surface area contributed by atoms with Gasteiger partial charge in [0, 0.05) is 0 Å². The summed E-state index contributed by atoms with van der Waals surface area (Å²) in [6.45, 7) is 0.160. The molecule has 3 aromatic carbocycles. The van der Waals surface area contributed by atoms with E-state index in [1.807, 2.05) is 54.6 Å². The molecule has 0 radical (unpaired) electrons. The van der Waals surface area contributed by atoms with E-state index in [2.05, 4.69) is 0 Å². The molecule has 0 spiro atoms. The van der Waals surface area contributed by atoms with Crippen molar-refractivity contribution in [3.8, 4) is 11.5 Å². The Hall–Kier alpha value is -3.84. The third-order valence-corrected chi connectivity index (χ3v) is 5.88. The average Bonchev–Trinajstić information content (AvgIpc) is 3.49. The summed E-state index contributed by atoms with van der Waals surface area (Å²) in [5.74, 6) is -0.0446. The zero-order chi connectivity index (χ0) is 20.9. The van der Waals surface area contributed by atoms with Crippen LogP contribution >= 0.6 is 0 Å².